The van der Waals surface area contributed by atoms with Gasteiger partial charge < -0.3 is 10.0 Å². The number of carbonyl (C=O) groups is 1. The lowest BCUT2D eigenvalue weighted by Gasteiger charge is -2.19. The van der Waals surface area contributed by atoms with Gasteiger partial charge in [-0.05, 0) is 35.7 Å². The van der Waals surface area contributed by atoms with E-state index < -0.39 is 0 Å². The molecule has 1 heterocycles. The Bertz CT molecular complexity index is 285. The van der Waals surface area contributed by atoms with Gasteiger partial charge in [0.25, 0.3) is 0 Å². The molecule has 15 heavy (non-hydrogen) atoms. The highest BCUT2D eigenvalue weighted by molar-refractivity contribution is 7.07. The van der Waals surface area contributed by atoms with Crippen LogP contribution < -0.4 is 0 Å². The van der Waals surface area contributed by atoms with Crippen LogP contribution in [-0.4, -0.2) is 35.6 Å². The zero-order chi connectivity index (χ0) is 11.1. The van der Waals surface area contributed by atoms with E-state index in [9.17, 15) is 4.79 Å². The van der Waals surface area contributed by atoms with E-state index in [0.717, 1.165) is 6.42 Å². The fraction of sp³-hybridized carbons (Fsp3) is 0.545. The molecule has 0 saturated heterocycles. The Morgan fingerprint density at radius 1 is 1.60 bits per heavy atom. The van der Waals surface area contributed by atoms with E-state index in [4.69, 9.17) is 5.11 Å². The van der Waals surface area contributed by atoms with E-state index in [2.05, 4.69) is 5.38 Å². The molecule has 0 fully saturated rings. The van der Waals surface area contributed by atoms with Crippen LogP contribution in [-0.2, 0) is 11.2 Å². The summed E-state index contributed by atoms with van der Waals surface area (Å²) in [6.07, 6.45) is 1.33. The summed E-state index contributed by atoms with van der Waals surface area (Å²) in [4.78, 5) is 13.4. The first-order valence-electron chi connectivity index (χ1n) is 5.17. The Morgan fingerprint density at radius 3 is 2.93 bits per heavy atom. The minimum atomic E-state index is 0.0397. The number of likely N-dealkylation sites (N-methyl/N-ethyl adjacent to an activating group) is 1. The molecule has 0 unspecified atom stereocenters. The highest BCUT2D eigenvalue weighted by atomic mass is 32.1. The molecule has 3 nitrogen and oxygen atoms in total. The van der Waals surface area contributed by atoms with Gasteiger partial charge >= 0.3 is 0 Å². The average molecular weight is 227 g/mol. The topological polar surface area (TPSA) is 40.5 Å². The van der Waals surface area contributed by atoms with E-state index >= 15 is 0 Å². The molecule has 0 atom stereocenters. The van der Waals surface area contributed by atoms with Crippen LogP contribution in [0.4, 0.5) is 0 Å². The van der Waals surface area contributed by atoms with Crippen molar-refractivity contribution in [2.75, 3.05) is 19.7 Å². The predicted octanol–water partition coefficient (Wildman–Crippen LogP) is 1.52. The average Bonchev–Trinajstić information content (AvgIpc) is 2.75. The molecule has 1 amide bonds. The van der Waals surface area contributed by atoms with E-state index in [1.165, 1.54) is 5.56 Å². The van der Waals surface area contributed by atoms with E-state index in [1.807, 2.05) is 18.4 Å². The largest absolute Gasteiger partial charge is 0.395 e. The third-order valence-corrected chi connectivity index (χ3v) is 3.04. The smallest absolute Gasteiger partial charge is 0.222 e. The van der Waals surface area contributed by atoms with E-state index in [-0.39, 0.29) is 12.5 Å². The summed E-state index contributed by atoms with van der Waals surface area (Å²) in [5, 5.41) is 12.9. The summed E-state index contributed by atoms with van der Waals surface area (Å²) in [6.45, 7) is 3.08. The summed E-state index contributed by atoms with van der Waals surface area (Å²) >= 11 is 1.65. The van der Waals surface area contributed by atoms with Gasteiger partial charge in [-0.1, -0.05) is 0 Å². The molecule has 84 valence electrons. The molecule has 0 aliphatic rings. The van der Waals surface area contributed by atoms with Gasteiger partial charge in [-0.15, -0.1) is 0 Å². The molecule has 0 bridgehead atoms. The summed E-state index contributed by atoms with van der Waals surface area (Å²) in [5.74, 6) is 0.123. The number of hydrogen-bond acceptors (Lipinski definition) is 3. The maximum absolute atomic E-state index is 11.7. The number of hydrogen-bond donors (Lipinski definition) is 1. The Hall–Kier alpha value is -0.870. The molecular formula is C11H17NO2S. The number of nitrogens with zero attached hydrogens (tertiary/aromatic N) is 1. The Balaban J connectivity index is 2.34. The second-order valence-corrected chi connectivity index (χ2v) is 4.11. The minimum Gasteiger partial charge on any atom is -0.395 e. The van der Waals surface area contributed by atoms with Gasteiger partial charge in [0, 0.05) is 19.5 Å². The van der Waals surface area contributed by atoms with Crippen molar-refractivity contribution in [2.24, 2.45) is 0 Å². The first-order chi connectivity index (χ1) is 7.27. The van der Waals surface area contributed by atoms with Gasteiger partial charge in [-0.3, -0.25) is 4.79 Å². The third-order valence-electron chi connectivity index (χ3n) is 2.31. The van der Waals surface area contributed by atoms with Crippen molar-refractivity contribution in [3.05, 3.63) is 22.4 Å². The predicted molar refractivity (Wildman–Crippen MR) is 62.0 cm³/mol. The summed E-state index contributed by atoms with van der Waals surface area (Å²) in [5.41, 5.74) is 1.22. The van der Waals surface area contributed by atoms with Gasteiger partial charge in [0.1, 0.15) is 0 Å². The van der Waals surface area contributed by atoms with Crippen LogP contribution in [0.25, 0.3) is 0 Å². The Morgan fingerprint density at radius 2 is 2.40 bits per heavy atom. The van der Waals surface area contributed by atoms with Crippen molar-refractivity contribution in [3.63, 3.8) is 0 Å². The molecule has 0 aliphatic carbocycles. The van der Waals surface area contributed by atoms with Crippen LogP contribution in [0.1, 0.15) is 18.9 Å². The minimum absolute atomic E-state index is 0.0397. The van der Waals surface area contributed by atoms with Crippen molar-refractivity contribution in [1.29, 1.82) is 0 Å². The fourth-order valence-corrected chi connectivity index (χ4v) is 2.13. The number of rotatable bonds is 6. The summed E-state index contributed by atoms with van der Waals surface area (Å²) in [6, 6.07) is 2.04. The molecule has 4 heteroatoms. The van der Waals surface area contributed by atoms with Crippen molar-refractivity contribution in [2.45, 2.75) is 19.8 Å². The number of carbonyl (C=O) groups excluding carboxylic acids is 1. The molecule has 0 saturated carbocycles. The first-order valence-corrected chi connectivity index (χ1v) is 6.12. The lowest BCUT2D eigenvalue weighted by molar-refractivity contribution is -0.131. The molecule has 1 rings (SSSR count). The third kappa shape index (κ3) is 4.01. The standard InChI is InChI=1S/C11H17NO2S/c1-2-12(6-7-13)11(14)4-3-10-5-8-15-9-10/h5,8-9,13H,2-4,6-7H2,1H3. The highest BCUT2D eigenvalue weighted by Crippen LogP contribution is 2.09. The lowest BCUT2D eigenvalue weighted by Crippen LogP contribution is -2.33. The molecule has 0 aliphatic heterocycles. The summed E-state index contributed by atoms with van der Waals surface area (Å²) in [7, 11) is 0. The van der Waals surface area contributed by atoms with Crippen LogP contribution in [0.15, 0.2) is 16.8 Å². The van der Waals surface area contributed by atoms with Crippen molar-refractivity contribution < 1.29 is 9.90 Å². The zero-order valence-corrected chi connectivity index (χ0v) is 9.80. The Kier molecular flexibility index (Phi) is 5.36. The number of amides is 1. The van der Waals surface area contributed by atoms with Crippen LogP contribution in [0.3, 0.4) is 0 Å². The van der Waals surface area contributed by atoms with Gasteiger partial charge in [0.05, 0.1) is 6.61 Å². The van der Waals surface area contributed by atoms with Crippen LogP contribution in [0.2, 0.25) is 0 Å². The van der Waals surface area contributed by atoms with E-state index in [1.54, 1.807) is 16.2 Å². The van der Waals surface area contributed by atoms with Crippen LogP contribution >= 0.6 is 11.3 Å². The molecule has 0 spiro atoms. The number of aliphatic hydroxyl groups is 1. The number of aryl methyl sites for hydroxylation is 1. The molecule has 0 radical (unpaired) electrons. The van der Waals surface area contributed by atoms with Gasteiger partial charge in [-0.25, -0.2) is 0 Å². The molecule has 1 aromatic rings. The first kappa shape index (κ1) is 12.2. The van der Waals surface area contributed by atoms with Gasteiger partial charge in [0.2, 0.25) is 5.91 Å². The van der Waals surface area contributed by atoms with Crippen molar-refractivity contribution >= 4 is 17.2 Å². The van der Waals surface area contributed by atoms with Crippen molar-refractivity contribution in [1.82, 2.24) is 4.90 Å². The normalized spacial score (nSPS) is 10.3. The monoisotopic (exact) mass is 227 g/mol. The van der Waals surface area contributed by atoms with Gasteiger partial charge in [-0.2, -0.15) is 11.3 Å². The maximum Gasteiger partial charge on any atom is 0.222 e. The quantitative estimate of drug-likeness (QED) is 0.800. The fourth-order valence-electron chi connectivity index (χ4n) is 1.42. The zero-order valence-electron chi connectivity index (χ0n) is 8.98. The molecule has 1 aromatic heterocycles. The maximum atomic E-state index is 11.7. The molecule has 0 aromatic carbocycles. The van der Waals surface area contributed by atoms with Gasteiger partial charge in [0.15, 0.2) is 0 Å². The summed E-state index contributed by atoms with van der Waals surface area (Å²) < 4.78 is 0. The Labute approximate surface area is 94.3 Å². The SMILES string of the molecule is CCN(CCO)C(=O)CCc1ccsc1. The van der Waals surface area contributed by atoms with Crippen LogP contribution in [0.5, 0.6) is 0 Å². The number of thiophene rings is 1. The highest BCUT2D eigenvalue weighted by Gasteiger charge is 2.10. The van der Waals surface area contributed by atoms with Crippen LogP contribution in [0, 0.1) is 0 Å². The lowest BCUT2D eigenvalue weighted by atomic mass is 10.2. The molecular weight excluding hydrogens is 210 g/mol. The molecule has 1 N–H and O–H groups in total. The van der Waals surface area contributed by atoms with Crippen molar-refractivity contribution in [3.8, 4) is 0 Å². The van der Waals surface area contributed by atoms with E-state index in [0.29, 0.717) is 19.5 Å². The second kappa shape index (κ2) is 6.58. The second-order valence-electron chi connectivity index (χ2n) is 3.33. The number of aliphatic hydroxyl groups excluding tert-OH is 1.